The highest BCUT2D eigenvalue weighted by molar-refractivity contribution is 9.10. The van der Waals surface area contributed by atoms with Crippen LogP contribution in [0.15, 0.2) is 28.7 Å². The highest BCUT2D eigenvalue weighted by atomic mass is 79.9. The Morgan fingerprint density at radius 3 is 2.52 bits per heavy atom. The molecule has 3 nitrogen and oxygen atoms in total. The lowest BCUT2D eigenvalue weighted by Crippen LogP contribution is -2.22. The fourth-order valence-corrected chi connectivity index (χ4v) is 3.53. The smallest absolute Gasteiger partial charge is 0.340 e. The molecule has 0 N–H and O–H groups in total. The van der Waals surface area contributed by atoms with Gasteiger partial charge in [-0.1, -0.05) is 39.4 Å². The van der Waals surface area contributed by atoms with Gasteiger partial charge in [-0.15, -0.1) is 10.2 Å². The van der Waals surface area contributed by atoms with Crippen molar-refractivity contribution >= 4 is 32.4 Å². The van der Waals surface area contributed by atoms with E-state index in [9.17, 15) is 13.2 Å². The molecule has 1 fully saturated rings. The maximum Gasteiger partial charge on any atom is 0.445 e. The SMILES string of the molecule is FC(F)(F)c1nnc(N2CCCC2c2ccc(Br)cc2)s1. The van der Waals surface area contributed by atoms with Gasteiger partial charge in [0.1, 0.15) is 0 Å². The van der Waals surface area contributed by atoms with Gasteiger partial charge in [-0.3, -0.25) is 0 Å². The van der Waals surface area contributed by atoms with Crippen molar-refractivity contribution in [1.29, 1.82) is 0 Å². The molecular weight excluding hydrogens is 367 g/mol. The van der Waals surface area contributed by atoms with Gasteiger partial charge in [0.05, 0.1) is 6.04 Å². The molecule has 1 aliphatic heterocycles. The normalized spacial score (nSPS) is 19.2. The molecule has 1 aromatic carbocycles. The molecule has 0 spiro atoms. The van der Waals surface area contributed by atoms with Crippen LogP contribution in [0.5, 0.6) is 0 Å². The lowest BCUT2D eigenvalue weighted by atomic mass is 10.1. The van der Waals surface area contributed by atoms with Crippen LogP contribution < -0.4 is 4.90 Å². The van der Waals surface area contributed by atoms with Crippen molar-refractivity contribution in [2.75, 3.05) is 11.4 Å². The van der Waals surface area contributed by atoms with E-state index in [0.717, 1.165) is 22.9 Å². The third kappa shape index (κ3) is 3.06. The largest absolute Gasteiger partial charge is 0.445 e. The predicted octanol–water partition coefficient (Wildman–Crippen LogP) is 4.66. The van der Waals surface area contributed by atoms with Gasteiger partial charge in [-0.05, 0) is 30.5 Å². The Balaban J connectivity index is 1.87. The summed E-state index contributed by atoms with van der Waals surface area (Å²) in [5.74, 6) is 0. The minimum absolute atomic E-state index is 0.0622. The van der Waals surface area contributed by atoms with Gasteiger partial charge < -0.3 is 4.90 Å². The van der Waals surface area contributed by atoms with E-state index in [1.807, 2.05) is 29.2 Å². The van der Waals surface area contributed by atoms with E-state index >= 15 is 0 Å². The maximum atomic E-state index is 12.6. The lowest BCUT2D eigenvalue weighted by molar-refractivity contribution is -0.138. The van der Waals surface area contributed by atoms with E-state index in [-0.39, 0.29) is 6.04 Å². The van der Waals surface area contributed by atoms with E-state index in [2.05, 4.69) is 26.1 Å². The Morgan fingerprint density at radius 1 is 1.19 bits per heavy atom. The number of rotatable bonds is 2. The summed E-state index contributed by atoms with van der Waals surface area (Å²) in [4.78, 5) is 1.91. The van der Waals surface area contributed by atoms with Crippen molar-refractivity contribution < 1.29 is 13.2 Å². The molecule has 1 aliphatic rings. The number of nitrogens with zero attached hydrogens (tertiary/aromatic N) is 3. The van der Waals surface area contributed by atoms with E-state index < -0.39 is 11.2 Å². The van der Waals surface area contributed by atoms with Crippen LogP contribution in [-0.2, 0) is 6.18 Å². The second kappa shape index (κ2) is 5.57. The molecular formula is C13H11BrF3N3S. The van der Waals surface area contributed by atoms with Gasteiger partial charge in [0.25, 0.3) is 0 Å². The summed E-state index contributed by atoms with van der Waals surface area (Å²) in [6.45, 7) is 0.702. The fourth-order valence-electron chi connectivity index (χ4n) is 2.47. The van der Waals surface area contributed by atoms with Gasteiger partial charge in [0.2, 0.25) is 10.1 Å². The molecule has 0 aliphatic carbocycles. The van der Waals surface area contributed by atoms with Crippen LogP contribution in [0.4, 0.5) is 18.3 Å². The van der Waals surface area contributed by atoms with Crippen molar-refractivity contribution in [2.24, 2.45) is 0 Å². The molecule has 0 radical (unpaired) electrons. The average Bonchev–Trinajstić information content (AvgIpc) is 3.07. The molecule has 1 atom stereocenters. The molecule has 1 aromatic heterocycles. The molecule has 0 bridgehead atoms. The number of alkyl halides is 3. The summed E-state index contributed by atoms with van der Waals surface area (Å²) in [7, 11) is 0. The topological polar surface area (TPSA) is 29.0 Å². The molecule has 2 heterocycles. The number of aromatic nitrogens is 2. The zero-order chi connectivity index (χ0) is 15.0. The van der Waals surface area contributed by atoms with Crippen molar-refractivity contribution in [2.45, 2.75) is 25.1 Å². The maximum absolute atomic E-state index is 12.6. The quantitative estimate of drug-likeness (QED) is 0.761. The standard InChI is InChI=1S/C13H11BrF3N3S/c14-9-5-3-8(4-6-9)10-2-1-7-20(10)12-19-18-11(21-12)13(15,16)17/h3-6,10H,1-2,7H2. The number of halogens is 4. The lowest BCUT2D eigenvalue weighted by Gasteiger charge is -2.23. The van der Waals surface area contributed by atoms with Crippen molar-refractivity contribution in [1.82, 2.24) is 10.2 Å². The van der Waals surface area contributed by atoms with Gasteiger partial charge in [-0.2, -0.15) is 13.2 Å². The Hall–Kier alpha value is -1.15. The van der Waals surface area contributed by atoms with Gasteiger partial charge in [0.15, 0.2) is 0 Å². The van der Waals surface area contributed by atoms with Crippen molar-refractivity contribution in [3.63, 3.8) is 0 Å². The van der Waals surface area contributed by atoms with Crippen LogP contribution in [0.1, 0.15) is 29.5 Å². The molecule has 21 heavy (non-hydrogen) atoms. The highest BCUT2D eigenvalue weighted by Gasteiger charge is 2.37. The molecule has 1 unspecified atom stereocenters. The number of benzene rings is 1. The fraction of sp³-hybridized carbons (Fsp3) is 0.385. The second-order valence-electron chi connectivity index (χ2n) is 4.79. The van der Waals surface area contributed by atoms with E-state index in [0.29, 0.717) is 23.0 Å². The van der Waals surface area contributed by atoms with Gasteiger partial charge in [-0.25, -0.2) is 0 Å². The first-order valence-corrected chi connectivity index (χ1v) is 7.99. The Kier molecular flexibility index (Phi) is 3.92. The van der Waals surface area contributed by atoms with Crippen LogP contribution in [-0.4, -0.2) is 16.7 Å². The van der Waals surface area contributed by atoms with Gasteiger partial charge >= 0.3 is 6.18 Å². The molecule has 0 amide bonds. The summed E-state index contributed by atoms with van der Waals surface area (Å²) in [5, 5.41) is 6.44. The summed E-state index contributed by atoms with van der Waals surface area (Å²) in [5.41, 5.74) is 1.08. The Bertz CT molecular complexity index is 626. The molecule has 1 saturated heterocycles. The third-order valence-electron chi connectivity index (χ3n) is 3.41. The zero-order valence-corrected chi connectivity index (χ0v) is 13.2. The predicted molar refractivity (Wildman–Crippen MR) is 78.4 cm³/mol. The number of anilines is 1. The number of hydrogen-bond acceptors (Lipinski definition) is 4. The molecule has 3 rings (SSSR count). The Labute approximate surface area is 131 Å². The molecule has 2 aromatic rings. The van der Waals surface area contributed by atoms with Crippen LogP contribution in [0.25, 0.3) is 0 Å². The summed E-state index contributed by atoms with van der Waals surface area (Å²) >= 11 is 3.99. The Morgan fingerprint density at radius 2 is 1.90 bits per heavy atom. The molecule has 8 heteroatoms. The minimum atomic E-state index is -4.43. The first-order valence-electron chi connectivity index (χ1n) is 6.38. The van der Waals surface area contributed by atoms with Crippen LogP contribution in [0.3, 0.4) is 0 Å². The first-order chi connectivity index (χ1) is 9.95. The third-order valence-corrected chi connectivity index (χ3v) is 4.94. The van der Waals surface area contributed by atoms with E-state index in [4.69, 9.17) is 0 Å². The summed E-state index contributed by atoms with van der Waals surface area (Å²) < 4.78 is 38.9. The van der Waals surface area contributed by atoms with Crippen LogP contribution in [0.2, 0.25) is 0 Å². The summed E-state index contributed by atoms with van der Waals surface area (Å²) in [6.07, 6.45) is -2.59. The van der Waals surface area contributed by atoms with Gasteiger partial charge in [0, 0.05) is 11.0 Å². The van der Waals surface area contributed by atoms with Crippen LogP contribution in [0, 0.1) is 0 Å². The second-order valence-corrected chi connectivity index (χ2v) is 6.66. The van der Waals surface area contributed by atoms with Crippen molar-refractivity contribution in [3.8, 4) is 0 Å². The van der Waals surface area contributed by atoms with E-state index in [1.54, 1.807) is 0 Å². The molecule has 112 valence electrons. The number of hydrogen-bond donors (Lipinski definition) is 0. The molecule has 0 saturated carbocycles. The minimum Gasteiger partial charge on any atom is -0.340 e. The zero-order valence-electron chi connectivity index (χ0n) is 10.8. The van der Waals surface area contributed by atoms with E-state index in [1.165, 1.54) is 0 Å². The highest BCUT2D eigenvalue weighted by Crippen LogP contribution is 2.40. The summed E-state index contributed by atoms with van der Waals surface area (Å²) in [6, 6.07) is 7.91. The average molecular weight is 378 g/mol. The van der Waals surface area contributed by atoms with Crippen LogP contribution >= 0.6 is 27.3 Å². The monoisotopic (exact) mass is 377 g/mol. The van der Waals surface area contributed by atoms with Crippen molar-refractivity contribution in [3.05, 3.63) is 39.3 Å². The first kappa shape index (κ1) is 14.8.